The van der Waals surface area contributed by atoms with E-state index >= 15 is 0 Å². The molecule has 1 atom stereocenters. The van der Waals surface area contributed by atoms with Gasteiger partial charge in [-0.2, -0.15) is 0 Å². The topological polar surface area (TPSA) is 52.6 Å². The van der Waals surface area contributed by atoms with E-state index in [1.165, 1.54) is 6.08 Å². The Hall–Kier alpha value is -0.450. The van der Waals surface area contributed by atoms with Gasteiger partial charge in [0.25, 0.3) is 11.0 Å². The lowest BCUT2D eigenvalue weighted by molar-refractivity contribution is -0.146. The Morgan fingerprint density at radius 3 is 2.57 bits per heavy atom. The molecule has 80 valence electrons. The van der Waals surface area contributed by atoms with E-state index in [-0.39, 0.29) is 13.1 Å². The summed E-state index contributed by atoms with van der Waals surface area (Å²) in [6.45, 7) is 3.26. The van der Waals surface area contributed by atoms with Crippen molar-refractivity contribution in [1.29, 1.82) is 0 Å². The van der Waals surface area contributed by atoms with Crippen molar-refractivity contribution >= 4 is 47.2 Å². The van der Waals surface area contributed by atoms with Crippen LogP contribution in [0.3, 0.4) is 0 Å². The first-order valence-corrected chi connectivity index (χ1v) is 4.55. The van der Waals surface area contributed by atoms with Crippen molar-refractivity contribution in [3.05, 3.63) is 12.7 Å². The third kappa shape index (κ3) is 4.17. The third-order valence-corrected chi connectivity index (χ3v) is 2.37. The molecule has 0 aliphatic rings. The zero-order valence-electron chi connectivity index (χ0n) is 6.91. The zero-order chi connectivity index (χ0) is 11.2. The monoisotopic (exact) mass is 260 g/mol. The molecule has 1 unspecified atom stereocenters. The van der Waals surface area contributed by atoms with Crippen LogP contribution in [-0.4, -0.2) is 28.9 Å². The molecule has 0 rings (SSSR count). The minimum absolute atomic E-state index is 0.0177. The van der Waals surface area contributed by atoms with Crippen LogP contribution in [0.15, 0.2) is 12.7 Å². The minimum atomic E-state index is -2.14. The van der Waals surface area contributed by atoms with Gasteiger partial charge in [0.15, 0.2) is 5.38 Å². The standard InChI is InChI=1S/C7H7Cl3O4/c1-2-3-13-6(12)5(8)7(9,10)14-4-11/h2,4-5H,1,3H2. The number of hydrogen-bond acceptors (Lipinski definition) is 4. The smallest absolute Gasteiger partial charge is 0.331 e. The van der Waals surface area contributed by atoms with Crippen LogP contribution in [0.1, 0.15) is 0 Å². The van der Waals surface area contributed by atoms with E-state index in [0.717, 1.165) is 0 Å². The maximum absolute atomic E-state index is 11.1. The Balaban J connectivity index is 4.27. The summed E-state index contributed by atoms with van der Waals surface area (Å²) in [4.78, 5) is 21.0. The Labute approximate surface area is 95.7 Å². The second-order valence-electron chi connectivity index (χ2n) is 2.06. The lowest BCUT2D eigenvalue weighted by Crippen LogP contribution is -2.37. The molecule has 0 heterocycles. The lowest BCUT2D eigenvalue weighted by Gasteiger charge is -2.20. The fourth-order valence-electron chi connectivity index (χ4n) is 0.475. The lowest BCUT2D eigenvalue weighted by atomic mass is 10.4. The molecule has 0 aromatic rings. The van der Waals surface area contributed by atoms with Gasteiger partial charge in [0.05, 0.1) is 0 Å². The van der Waals surface area contributed by atoms with Crippen molar-refractivity contribution in [2.45, 2.75) is 9.90 Å². The Kier molecular flexibility index (Phi) is 5.92. The summed E-state index contributed by atoms with van der Waals surface area (Å²) in [6, 6.07) is 0. The van der Waals surface area contributed by atoms with Crippen molar-refractivity contribution < 1.29 is 19.1 Å². The molecule has 0 aliphatic heterocycles. The summed E-state index contributed by atoms with van der Waals surface area (Å²) < 4.78 is 6.58. The van der Waals surface area contributed by atoms with Gasteiger partial charge in [-0.25, -0.2) is 0 Å². The van der Waals surface area contributed by atoms with Crippen molar-refractivity contribution in [2.24, 2.45) is 0 Å². The van der Waals surface area contributed by atoms with Crippen LogP contribution < -0.4 is 0 Å². The van der Waals surface area contributed by atoms with Crippen molar-refractivity contribution in [3.63, 3.8) is 0 Å². The molecule has 0 amide bonds. The molecule has 0 fully saturated rings. The number of carbonyl (C=O) groups is 2. The zero-order valence-corrected chi connectivity index (χ0v) is 9.18. The maximum Gasteiger partial charge on any atom is 0.331 e. The highest BCUT2D eigenvalue weighted by Crippen LogP contribution is 2.30. The first kappa shape index (κ1) is 13.5. The molecule has 7 heteroatoms. The van der Waals surface area contributed by atoms with Gasteiger partial charge < -0.3 is 9.47 Å². The van der Waals surface area contributed by atoms with Crippen molar-refractivity contribution in [2.75, 3.05) is 6.61 Å². The number of rotatable bonds is 6. The van der Waals surface area contributed by atoms with E-state index in [0.29, 0.717) is 0 Å². The van der Waals surface area contributed by atoms with Crippen LogP contribution >= 0.6 is 34.8 Å². The van der Waals surface area contributed by atoms with Gasteiger partial charge in [-0.3, -0.25) is 9.59 Å². The molecule has 0 spiro atoms. The number of ether oxygens (including phenoxy) is 2. The summed E-state index contributed by atoms with van der Waals surface area (Å²) in [5.41, 5.74) is 0. The second kappa shape index (κ2) is 6.11. The molecule has 0 aromatic carbocycles. The van der Waals surface area contributed by atoms with Gasteiger partial charge >= 0.3 is 5.97 Å². The van der Waals surface area contributed by atoms with E-state index in [2.05, 4.69) is 16.1 Å². The van der Waals surface area contributed by atoms with E-state index in [1.54, 1.807) is 0 Å². The third-order valence-electron chi connectivity index (χ3n) is 1.05. The van der Waals surface area contributed by atoms with Gasteiger partial charge in [-0.05, 0) is 0 Å². The van der Waals surface area contributed by atoms with Crippen molar-refractivity contribution in [1.82, 2.24) is 0 Å². The van der Waals surface area contributed by atoms with Crippen LogP contribution in [0.5, 0.6) is 0 Å². The predicted octanol–water partition coefficient (Wildman–Crippen LogP) is 1.63. The van der Waals surface area contributed by atoms with Crippen LogP contribution in [0.25, 0.3) is 0 Å². The number of alkyl halides is 3. The molecule has 0 bridgehead atoms. The molecule has 0 aromatic heterocycles. The Morgan fingerprint density at radius 2 is 2.14 bits per heavy atom. The van der Waals surface area contributed by atoms with Crippen LogP contribution in [0, 0.1) is 0 Å². The average molecular weight is 261 g/mol. The number of esters is 1. The van der Waals surface area contributed by atoms with Crippen LogP contribution in [0.4, 0.5) is 0 Å². The van der Waals surface area contributed by atoms with Gasteiger partial charge in [0.2, 0.25) is 0 Å². The number of hydrogen-bond donors (Lipinski definition) is 0. The first-order valence-electron chi connectivity index (χ1n) is 3.36. The van der Waals surface area contributed by atoms with Gasteiger partial charge in [-0.1, -0.05) is 35.9 Å². The first-order chi connectivity index (χ1) is 6.45. The Morgan fingerprint density at radius 1 is 1.57 bits per heavy atom. The minimum Gasteiger partial charge on any atom is -0.460 e. The highest BCUT2D eigenvalue weighted by atomic mass is 35.5. The predicted molar refractivity (Wildman–Crippen MR) is 52.4 cm³/mol. The summed E-state index contributed by atoms with van der Waals surface area (Å²) >= 11 is 16.3. The average Bonchev–Trinajstić information content (AvgIpc) is 2.12. The highest BCUT2D eigenvalue weighted by Gasteiger charge is 2.42. The van der Waals surface area contributed by atoms with Gasteiger partial charge in [0, 0.05) is 0 Å². The van der Waals surface area contributed by atoms with Crippen LogP contribution in [0.2, 0.25) is 0 Å². The normalized spacial score (nSPS) is 12.8. The molecule has 0 N–H and O–H groups in total. The van der Waals surface area contributed by atoms with E-state index in [4.69, 9.17) is 34.8 Å². The van der Waals surface area contributed by atoms with Gasteiger partial charge in [-0.15, -0.1) is 11.6 Å². The fourth-order valence-corrected chi connectivity index (χ4v) is 0.841. The maximum atomic E-state index is 11.1. The van der Waals surface area contributed by atoms with E-state index in [9.17, 15) is 9.59 Å². The molecular formula is C7H7Cl3O4. The van der Waals surface area contributed by atoms with E-state index < -0.39 is 15.9 Å². The second-order valence-corrected chi connectivity index (χ2v) is 3.81. The van der Waals surface area contributed by atoms with Gasteiger partial charge in [0.1, 0.15) is 6.61 Å². The summed E-state index contributed by atoms with van der Waals surface area (Å²) in [6.07, 6.45) is 1.34. The molecule has 14 heavy (non-hydrogen) atoms. The quantitative estimate of drug-likeness (QED) is 0.316. The molecule has 0 aliphatic carbocycles. The summed E-state index contributed by atoms with van der Waals surface area (Å²) in [5.74, 6) is -0.904. The largest absolute Gasteiger partial charge is 0.460 e. The Bertz CT molecular complexity index is 229. The summed E-state index contributed by atoms with van der Waals surface area (Å²) in [7, 11) is 0. The van der Waals surface area contributed by atoms with Crippen LogP contribution in [-0.2, 0) is 19.1 Å². The molecule has 0 radical (unpaired) electrons. The molecular weight excluding hydrogens is 254 g/mol. The number of halogens is 3. The highest BCUT2D eigenvalue weighted by molar-refractivity contribution is 6.54. The summed E-state index contributed by atoms with van der Waals surface area (Å²) in [5, 5.41) is -1.50. The fraction of sp³-hybridized carbons (Fsp3) is 0.429. The number of carbonyl (C=O) groups excluding carboxylic acids is 2. The van der Waals surface area contributed by atoms with E-state index in [1.807, 2.05) is 0 Å². The SMILES string of the molecule is C=CCOC(=O)C(Cl)C(Cl)(Cl)OC=O. The molecule has 4 nitrogen and oxygen atoms in total. The van der Waals surface area contributed by atoms with Crippen molar-refractivity contribution in [3.8, 4) is 0 Å². The molecule has 0 saturated heterocycles. The molecule has 0 saturated carbocycles.